The van der Waals surface area contributed by atoms with Crippen molar-refractivity contribution in [2.24, 2.45) is 11.1 Å². The molecular weight excluding hydrogens is 200 g/mol. The maximum atomic E-state index is 11.3. The first-order valence-electron chi connectivity index (χ1n) is 5.35. The van der Waals surface area contributed by atoms with Gasteiger partial charge < -0.3 is 10.7 Å². The molecule has 3 nitrogen and oxygen atoms in total. The molecule has 0 unspecified atom stereocenters. The molecule has 3 heteroatoms. The third-order valence-corrected chi connectivity index (χ3v) is 2.97. The molecule has 2 rings (SSSR count). The maximum Gasteiger partial charge on any atom is 0.223 e. The summed E-state index contributed by atoms with van der Waals surface area (Å²) in [5.41, 5.74) is 7.11. The number of carbonyl (C=O) groups excluding carboxylic acids is 1. The monoisotopic (exact) mass is 216 g/mol. The number of H-pyrrole nitrogens is 1. The van der Waals surface area contributed by atoms with Crippen molar-refractivity contribution in [1.82, 2.24) is 4.98 Å². The van der Waals surface area contributed by atoms with E-state index in [-0.39, 0.29) is 5.91 Å². The van der Waals surface area contributed by atoms with Gasteiger partial charge in [0, 0.05) is 22.5 Å². The van der Waals surface area contributed by atoms with Crippen LogP contribution in [0.4, 0.5) is 0 Å². The number of fused-ring (bicyclic) bond motifs is 1. The topological polar surface area (TPSA) is 58.9 Å². The van der Waals surface area contributed by atoms with Crippen molar-refractivity contribution in [2.75, 3.05) is 0 Å². The first kappa shape index (κ1) is 10.7. The van der Waals surface area contributed by atoms with Crippen LogP contribution in [-0.2, 0) is 11.2 Å². The number of aromatic amines is 1. The van der Waals surface area contributed by atoms with Gasteiger partial charge in [-0.25, -0.2) is 0 Å². The second kappa shape index (κ2) is 3.67. The van der Waals surface area contributed by atoms with E-state index in [1.165, 1.54) is 0 Å². The fraction of sp³-hybridized carbons (Fsp3) is 0.308. The number of amides is 1. The number of aromatic nitrogens is 1. The highest BCUT2D eigenvalue weighted by Crippen LogP contribution is 2.26. The summed E-state index contributed by atoms with van der Waals surface area (Å²) >= 11 is 0. The lowest BCUT2D eigenvalue weighted by molar-refractivity contribution is -0.125. The zero-order valence-corrected chi connectivity index (χ0v) is 9.58. The summed E-state index contributed by atoms with van der Waals surface area (Å²) in [6, 6.07) is 8.06. The third-order valence-electron chi connectivity index (χ3n) is 2.97. The van der Waals surface area contributed by atoms with Crippen molar-refractivity contribution in [3.8, 4) is 0 Å². The predicted octanol–water partition coefficient (Wildman–Crippen LogP) is 2.22. The molecule has 2 aromatic rings. The molecule has 0 saturated carbocycles. The Kier molecular flexibility index (Phi) is 2.46. The van der Waals surface area contributed by atoms with E-state index in [1.54, 1.807) is 0 Å². The Hall–Kier alpha value is -1.77. The molecule has 0 aliphatic carbocycles. The van der Waals surface area contributed by atoms with Crippen LogP contribution in [0.15, 0.2) is 30.5 Å². The Morgan fingerprint density at radius 3 is 2.75 bits per heavy atom. The van der Waals surface area contributed by atoms with Gasteiger partial charge in [-0.2, -0.15) is 0 Å². The van der Waals surface area contributed by atoms with Gasteiger partial charge in [0.15, 0.2) is 0 Å². The zero-order valence-electron chi connectivity index (χ0n) is 9.58. The highest BCUT2D eigenvalue weighted by atomic mass is 16.1. The van der Waals surface area contributed by atoms with Crippen molar-refractivity contribution in [1.29, 1.82) is 0 Å². The van der Waals surface area contributed by atoms with Crippen molar-refractivity contribution in [2.45, 2.75) is 20.3 Å². The second-order valence-electron chi connectivity index (χ2n) is 4.78. The molecule has 1 heterocycles. The average molecular weight is 216 g/mol. The Morgan fingerprint density at radius 1 is 1.38 bits per heavy atom. The number of rotatable bonds is 3. The molecule has 0 saturated heterocycles. The van der Waals surface area contributed by atoms with Crippen LogP contribution < -0.4 is 5.73 Å². The van der Waals surface area contributed by atoms with Crippen molar-refractivity contribution in [3.05, 3.63) is 36.0 Å². The lowest BCUT2D eigenvalue weighted by Crippen LogP contribution is -2.33. The lowest BCUT2D eigenvalue weighted by atomic mass is 9.85. The quantitative estimate of drug-likeness (QED) is 0.812. The summed E-state index contributed by atoms with van der Waals surface area (Å²) in [5.74, 6) is -0.266. The van der Waals surface area contributed by atoms with Crippen LogP contribution in [0.2, 0.25) is 0 Å². The third kappa shape index (κ3) is 1.81. The molecule has 84 valence electrons. The number of carbonyl (C=O) groups is 1. The zero-order chi connectivity index (χ0) is 11.8. The predicted molar refractivity (Wildman–Crippen MR) is 65.0 cm³/mol. The molecule has 3 N–H and O–H groups in total. The minimum atomic E-state index is -0.509. The van der Waals surface area contributed by atoms with Gasteiger partial charge >= 0.3 is 0 Å². The second-order valence-corrected chi connectivity index (χ2v) is 4.78. The molecule has 0 bridgehead atoms. The minimum Gasteiger partial charge on any atom is -0.369 e. The van der Waals surface area contributed by atoms with E-state index >= 15 is 0 Å². The number of hydrogen-bond acceptors (Lipinski definition) is 1. The molecule has 1 amide bonds. The summed E-state index contributed by atoms with van der Waals surface area (Å²) in [6.45, 7) is 3.74. The fourth-order valence-electron chi connectivity index (χ4n) is 1.84. The Labute approximate surface area is 94.6 Å². The van der Waals surface area contributed by atoms with Gasteiger partial charge in [0.25, 0.3) is 0 Å². The van der Waals surface area contributed by atoms with Crippen LogP contribution in [0, 0.1) is 5.41 Å². The molecule has 16 heavy (non-hydrogen) atoms. The minimum absolute atomic E-state index is 0.266. The van der Waals surface area contributed by atoms with Crippen molar-refractivity contribution < 1.29 is 4.79 Å². The van der Waals surface area contributed by atoms with Crippen LogP contribution in [0.1, 0.15) is 19.4 Å². The summed E-state index contributed by atoms with van der Waals surface area (Å²) < 4.78 is 0. The van der Waals surface area contributed by atoms with Crippen molar-refractivity contribution >= 4 is 16.8 Å². The smallest absolute Gasteiger partial charge is 0.223 e. The van der Waals surface area contributed by atoms with Gasteiger partial charge in [-0.3, -0.25) is 4.79 Å². The largest absolute Gasteiger partial charge is 0.369 e. The standard InChI is InChI=1S/C13H16N2O/c1-13(2,12(14)16)7-9-8-15-11-6-4-3-5-10(9)11/h3-6,8,15H,7H2,1-2H3,(H2,14,16). The van der Waals surface area contributed by atoms with Gasteiger partial charge in [-0.1, -0.05) is 32.0 Å². The van der Waals surface area contributed by atoms with Crippen LogP contribution in [0.5, 0.6) is 0 Å². The normalized spacial score (nSPS) is 11.9. The summed E-state index contributed by atoms with van der Waals surface area (Å²) in [6.07, 6.45) is 2.61. The van der Waals surface area contributed by atoms with E-state index in [0.29, 0.717) is 6.42 Å². The Bertz CT molecular complexity index is 525. The number of benzene rings is 1. The molecule has 0 radical (unpaired) electrons. The van der Waals surface area contributed by atoms with Gasteiger partial charge in [-0.15, -0.1) is 0 Å². The van der Waals surface area contributed by atoms with Crippen LogP contribution >= 0.6 is 0 Å². The van der Waals surface area contributed by atoms with Crippen LogP contribution in [0.25, 0.3) is 10.9 Å². The summed E-state index contributed by atoms with van der Waals surface area (Å²) in [7, 11) is 0. The Balaban J connectivity index is 2.38. The van der Waals surface area contributed by atoms with E-state index in [1.807, 2.05) is 38.2 Å². The molecule has 0 fully saturated rings. The highest BCUT2D eigenvalue weighted by Gasteiger charge is 2.26. The van der Waals surface area contributed by atoms with E-state index in [0.717, 1.165) is 16.5 Å². The highest BCUT2D eigenvalue weighted by molar-refractivity contribution is 5.85. The first-order valence-corrected chi connectivity index (χ1v) is 5.35. The van der Waals surface area contributed by atoms with E-state index < -0.39 is 5.41 Å². The molecule has 0 aliphatic heterocycles. The molecule has 0 atom stereocenters. The van der Waals surface area contributed by atoms with Gasteiger partial charge in [0.2, 0.25) is 5.91 Å². The van der Waals surface area contributed by atoms with E-state index in [4.69, 9.17) is 5.73 Å². The Morgan fingerprint density at radius 2 is 2.06 bits per heavy atom. The van der Waals surface area contributed by atoms with Crippen LogP contribution in [0.3, 0.4) is 0 Å². The van der Waals surface area contributed by atoms with Crippen molar-refractivity contribution in [3.63, 3.8) is 0 Å². The van der Waals surface area contributed by atoms with E-state index in [2.05, 4.69) is 11.1 Å². The first-order chi connectivity index (χ1) is 7.50. The maximum absolute atomic E-state index is 11.3. The molecule has 0 aliphatic rings. The molecule has 0 spiro atoms. The average Bonchev–Trinajstić information content (AvgIpc) is 2.61. The van der Waals surface area contributed by atoms with E-state index in [9.17, 15) is 4.79 Å². The molecule has 1 aromatic carbocycles. The summed E-state index contributed by atoms with van der Waals surface area (Å²) in [4.78, 5) is 14.5. The SMILES string of the molecule is CC(C)(Cc1c[nH]c2ccccc12)C(N)=O. The number of primary amides is 1. The molecule has 1 aromatic heterocycles. The summed E-state index contributed by atoms with van der Waals surface area (Å²) in [5, 5.41) is 1.16. The molecular formula is C13H16N2O. The van der Waals surface area contributed by atoms with Gasteiger partial charge in [-0.05, 0) is 18.1 Å². The number of hydrogen-bond donors (Lipinski definition) is 2. The number of nitrogens with one attached hydrogen (secondary N) is 1. The van der Waals surface area contributed by atoms with Crippen LogP contribution in [-0.4, -0.2) is 10.9 Å². The lowest BCUT2D eigenvalue weighted by Gasteiger charge is -2.19. The van der Waals surface area contributed by atoms with Gasteiger partial charge in [0.05, 0.1) is 0 Å². The fourth-order valence-corrected chi connectivity index (χ4v) is 1.84. The van der Waals surface area contributed by atoms with Gasteiger partial charge in [0.1, 0.15) is 0 Å². The number of para-hydroxylation sites is 1. The number of nitrogens with two attached hydrogens (primary N) is 1.